The molecule has 3 aromatic rings. The van der Waals surface area contributed by atoms with E-state index in [9.17, 15) is 23.3 Å². The summed E-state index contributed by atoms with van der Waals surface area (Å²) < 4.78 is 30.2. The fourth-order valence-corrected chi connectivity index (χ4v) is 5.32. The molecule has 0 spiro atoms. The van der Waals surface area contributed by atoms with Gasteiger partial charge in [-0.05, 0) is 49.1 Å². The molecule has 162 valence electrons. The summed E-state index contributed by atoms with van der Waals surface area (Å²) in [6.45, 7) is 0.303. The van der Waals surface area contributed by atoms with Crippen LogP contribution >= 0.6 is 0 Å². The molecule has 1 aromatic carbocycles. The molecular weight excluding hydrogens is 424 g/mol. The lowest BCUT2D eigenvalue weighted by Crippen LogP contribution is -2.39. The number of non-ortho nitro benzene ring substituents is 1. The number of hydrogen-bond donors (Lipinski definition) is 2. The number of nitro groups is 1. The number of aromatic nitrogens is 2. The van der Waals surface area contributed by atoms with Crippen LogP contribution in [0, 0.1) is 10.1 Å². The third-order valence-electron chi connectivity index (χ3n) is 5.45. The van der Waals surface area contributed by atoms with Crippen LogP contribution in [0.5, 0.6) is 0 Å². The van der Waals surface area contributed by atoms with Crippen molar-refractivity contribution in [3.63, 3.8) is 0 Å². The Bertz CT molecular complexity index is 1270. The molecule has 0 amide bonds. The average molecular weight is 444 g/mol. The minimum Gasteiger partial charge on any atom is -0.481 e. The SMILES string of the molecule is O=C(O)CCn1c2c(c3cccnc31)CC(NS(=O)(=O)c1ccc([N+](=O)[O-])cc1)CC2. The second kappa shape index (κ2) is 8.08. The highest BCUT2D eigenvalue weighted by Crippen LogP contribution is 2.32. The van der Waals surface area contributed by atoms with Gasteiger partial charge in [0.2, 0.25) is 10.0 Å². The molecule has 0 bridgehead atoms. The Morgan fingerprint density at radius 2 is 2.03 bits per heavy atom. The third-order valence-corrected chi connectivity index (χ3v) is 6.99. The summed E-state index contributed by atoms with van der Waals surface area (Å²) in [6, 6.07) is 8.11. The maximum atomic E-state index is 12.8. The van der Waals surface area contributed by atoms with Gasteiger partial charge in [0.1, 0.15) is 5.65 Å². The molecule has 1 atom stereocenters. The number of aliphatic carboxylic acids is 1. The van der Waals surface area contributed by atoms with Crippen LogP contribution in [-0.4, -0.2) is 40.0 Å². The normalized spacial score (nSPS) is 16.2. The number of rotatable bonds is 7. The minimum absolute atomic E-state index is 0.0248. The van der Waals surface area contributed by atoms with E-state index < -0.39 is 20.9 Å². The summed E-state index contributed by atoms with van der Waals surface area (Å²) in [5.41, 5.74) is 2.48. The van der Waals surface area contributed by atoms with E-state index in [2.05, 4.69) is 9.71 Å². The zero-order chi connectivity index (χ0) is 22.2. The maximum absolute atomic E-state index is 12.8. The molecule has 0 saturated heterocycles. The highest BCUT2D eigenvalue weighted by molar-refractivity contribution is 7.89. The second-order valence-electron chi connectivity index (χ2n) is 7.41. The molecule has 0 radical (unpaired) electrons. The van der Waals surface area contributed by atoms with Gasteiger partial charge in [-0.15, -0.1) is 0 Å². The Labute approximate surface area is 177 Å². The molecule has 0 saturated carbocycles. The Kier molecular flexibility index (Phi) is 5.46. The lowest BCUT2D eigenvalue weighted by molar-refractivity contribution is -0.384. The predicted octanol–water partition coefficient (Wildman–Crippen LogP) is 2.25. The van der Waals surface area contributed by atoms with Gasteiger partial charge in [-0.25, -0.2) is 18.1 Å². The number of nitrogens with zero attached hydrogens (tertiary/aromatic N) is 3. The van der Waals surface area contributed by atoms with E-state index in [0.29, 0.717) is 31.5 Å². The molecule has 2 N–H and O–H groups in total. The number of hydrogen-bond acceptors (Lipinski definition) is 6. The van der Waals surface area contributed by atoms with Crippen LogP contribution in [0.1, 0.15) is 24.1 Å². The first kappa shape index (κ1) is 20.9. The van der Waals surface area contributed by atoms with Crippen LogP contribution in [0.15, 0.2) is 47.5 Å². The molecule has 1 aliphatic rings. The van der Waals surface area contributed by atoms with E-state index in [1.165, 1.54) is 12.1 Å². The van der Waals surface area contributed by atoms with Crippen LogP contribution < -0.4 is 4.72 Å². The average Bonchev–Trinajstić information content (AvgIpc) is 3.05. The first-order valence-corrected chi connectivity index (χ1v) is 11.2. The Morgan fingerprint density at radius 3 is 2.71 bits per heavy atom. The van der Waals surface area contributed by atoms with Gasteiger partial charge in [0.25, 0.3) is 5.69 Å². The summed E-state index contributed by atoms with van der Waals surface area (Å²) in [5, 5.41) is 20.7. The van der Waals surface area contributed by atoms with Gasteiger partial charge in [0.15, 0.2) is 0 Å². The van der Waals surface area contributed by atoms with Crippen molar-refractivity contribution in [2.24, 2.45) is 0 Å². The fourth-order valence-electron chi connectivity index (χ4n) is 4.05. The van der Waals surface area contributed by atoms with E-state index in [4.69, 9.17) is 5.11 Å². The molecule has 2 aromatic heterocycles. The van der Waals surface area contributed by atoms with Gasteiger partial charge in [-0.1, -0.05) is 0 Å². The number of carbonyl (C=O) groups is 1. The second-order valence-corrected chi connectivity index (χ2v) is 9.12. The highest BCUT2D eigenvalue weighted by Gasteiger charge is 2.29. The predicted molar refractivity (Wildman–Crippen MR) is 111 cm³/mol. The molecule has 31 heavy (non-hydrogen) atoms. The van der Waals surface area contributed by atoms with Gasteiger partial charge in [0, 0.05) is 42.0 Å². The van der Waals surface area contributed by atoms with Crippen molar-refractivity contribution in [2.45, 2.75) is 43.2 Å². The van der Waals surface area contributed by atoms with Crippen molar-refractivity contribution in [2.75, 3.05) is 0 Å². The van der Waals surface area contributed by atoms with Gasteiger partial charge in [-0.3, -0.25) is 14.9 Å². The first-order valence-electron chi connectivity index (χ1n) is 9.70. The standard InChI is InChI=1S/C20H20N4O6S/c25-19(26)9-11-23-18-8-3-13(12-17(18)16-2-1-10-21-20(16)23)22-31(29,30)15-6-4-14(5-7-15)24(27)28/h1-2,4-7,10,13,22H,3,8-9,11-12H2,(H,25,26). The number of aryl methyl sites for hydroxylation is 1. The number of carboxylic acids is 1. The van der Waals surface area contributed by atoms with E-state index >= 15 is 0 Å². The molecule has 4 rings (SSSR count). The number of pyridine rings is 1. The van der Waals surface area contributed by atoms with Crippen LogP contribution in [-0.2, 0) is 34.2 Å². The minimum atomic E-state index is -3.85. The maximum Gasteiger partial charge on any atom is 0.305 e. The molecule has 0 aliphatic heterocycles. The highest BCUT2D eigenvalue weighted by atomic mass is 32.2. The van der Waals surface area contributed by atoms with Gasteiger partial charge in [0.05, 0.1) is 16.2 Å². The Balaban J connectivity index is 1.59. The monoisotopic (exact) mass is 444 g/mol. The zero-order valence-electron chi connectivity index (χ0n) is 16.4. The van der Waals surface area contributed by atoms with Crippen molar-refractivity contribution in [1.82, 2.24) is 14.3 Å². The molecule has 1 aliphatic carbocycles. The molecule has 10 nitrogen and oxygen atoms in total. The number of carboxylic acid groups (broad SMARTS) is 1. The summed E-state index contributed by atoms with van der Waals surface area (Å²) in [5.74, 6) is -0.893. The van der Waals surface area contributed by atoms with Crippen molar-refractivity contribution >= 4 is 32.7 Å². The van der Waals surface area contributed by atoms with Crippen molar-refractivity contribution in [1.29, 1.82) is 0 Å². The van der Waals surface area contributed by atoms with Crippen molar-refractivity contribution in [3.05, 3.63) is 64.0 Å². The lowest BCUT2D eigenvalue weighted by Gasteiger charge is -2.24. The lowest BCUT2D eigenvalue weighted by atomic mass is 9.92. The third kappa shape index (κ3) is 4.14. The van der Waals surface area contributed by atoms with Crippen LogP contribution in [0.3, 0.4) is 0 Å². The molecule has 1 unspecified atom stereocenters. The van der Waals surface area contributed by atoms with Crippen LogP contribution in [0.2, 0.25) is 0 Å². The molecular formula is C20H20N4O6S. The number of nitrogens with one attached hydrogen (secondary N) is 1. The summed E-state index contributed by atoms with van der Waals surface area (Å²) in [6.07, 6.45) is 3.20. The van der Waals surface area contributed by atoms with Gasteiger partial charge in [-0.2, -0.15) is 0 Å². The molecule has 2 heterocycles. The van der Waals surface area contributed by atoms with Crippen molar-refractivity contribution in [3.8, 4) is 0 Å². The molecule has 0 fully saturated rings. The van der Waals surface area contributed by atoms with Crippen molar-refractivity contribution < 1.29 is 23.2 Å². The Hall–Kier alpha value is -3.31. The number of nitro benzene ring substituents is 1. The number of sulfonamides is 1. The topological polar surface area (TPSA) is 144 Å². The largest absolute Gasteiger partial charge is 0.481 e. The summed E-state index contributed by atoms with van der Waals surface area (Å²) in [7, 11) is -3.85. The van der Waals surface area contributed by atoms with E-state index in [-0.39, 0.29) is 23.0 Å². The van der Waals surface area contributed by atoms with Crippen LogP contribution in [0.4, 0.5) is 5.69 Å². The quantitative estimate of drug-likeness (QED) is 0.420. The van der Waals surface area contributed by atoms with Gasteiger partial charge >= 0.3 is 5.97 Å². The number of fused-ring (bicyclic) bond motifs is 3. The molecule has 11 heteroatoms. The van der Waals surface area contributed by atoms with E-state index in [1.54, 1.807) is 12.3 Å². The number of benzene rings is 1. The smallest absolute Gasteiger partial charge is 0.305 e. The first-order chi connectivity index (χ1) is 14.8. The summed E-state index contributed by atoms with van der Waals surface area (Å²) >= 11 is 0. The fraction of sp³-hybridized carbons (Fsp3) is 0.300. The van der Waals surface area contributed by atoms with Crippen LogP contribution in [0.25, 0.3) is 11.0 Å². The van der Waals surface area contributed by atoms with Gasteiger partial charge < -0.3 is 9.67 Å². The summed E-state index contributed by atoms with van der Waals surface area (Å²) in [4.78, 5) is 25.6. The Morgan fingerprint density at radius 1 is 1.29 bits per heavy atom. The van der Waals surface area contributed by atoms with E-state index in [1.807, 2.05) is 10.6 Å². The van der Waals surface area contributed by atoms with E-state index in [0.717, 1.165) is 28.8 Å². The zero-order valence-corrected chi connectivity index (χ0v) is 17.2.